The maximum absolute atomic E-state index is 12.8. The first kappa shape index (κ1) is 19.7. The smallest absolute Gasteiger partial charge is 0.274 e. The molecule has 6 heteroatoms. The number of anilines is 1. The number of amides is 1. The number of nitrogens with one attached hydrogen (secondary N) is 1. The second-order valence-electron chi connectivity index (χ2n) is 7.94. The Hall–Kier alpha value is -3.25. The quantitative estimate of drug-likeness (QED) is 0.403. The van der Waals surface area contributed by atoms with Crippen molar-refractivity contribution in [2.75, 3.05) is 5.32 Å². The third-order valence-corrected chi connectivity index (χ3v) is 6.59. The van der Waals surface area contributed by atoms with Crippen molar-refractivity contribution in [2.24, 2.45) is 0 Å². The lowest BCUT2D eigenvalue weighted by Crippen LogP contribution is -2.17. The Bertz CT molecular complexity index is 1150. The van der Waals surface area contributed by atoms with Gasteiger partial charge >= 0.3 is 0 Å². The molecule has 0 aliphatic heterocycles. The van der Waals surface area contributed by atoms with E-state index in [9.17, 15) is 4.79 Å². The zero-order valence-corrected chi connectivity index (χ0v) is 18.0. The van der Waals surface area contributed by atoms with Gasteiger partial charge < -0.3 is 4.57 Å². The van der Waals surface area contributed by atoms with Crippen LogP contribution in [0.25, 0.3) is 0 Å². The first-order valence-corrected chi connectivity index (χ1v) is 11.5. The van der Waals surface area contributed by atoms with E-state index in [2.05, 4.69) is 39.9 Å². The average molecular weight is 429 g/mol. The van der Waals surface area contributed by atoms with E-state index in [0.717, 1.165) is 31.5 Å². The number of hydrogen-bond donors (Lipinski definition) is 1. The molecule has 0 spiro atoms. The van der Waals surface area contributed by atoms with Gasteiger partial charge in [-0.15, -0.1) is 11.3 Å². The lowest BCUT2D eigenvalue weighted by atomic mass is 10.1. The molecule has 1 fully saturated rings. The molecule has 0 unspecified atom stereocenters. The number of aromatic nitrogens is 3. The summed E-state index contributed by atoms with van der Waals surface area (Å²) in [5, 5.41) is 5.74. The van der Waals surface area contributed by atoms with Gasteiger partial charge in [0.1, 0.15) is 5.69 Å². The summed E-state index contributed by atoms with van der Waals surface area (Å²) in [5.41, 5.74) is 4.38. The molecule has 1 amide bonds. The predicted molar refractivity (Wildman–Crippen MR) is 124 cm³/mol. The number of hydrogen-bond acceptors (Lipinski definition) is 4. The fraction of sp³-hybridized carbons (Fsp3) is 0.240. The molecule has 3 heterocycles. The Balaban J connectivity index is 1.18. The van der Waals surface area contributed by atoms with Crippen LogP contribution >= 0.6 is 11.3 Å². The van der Waals surface area contributed by atoms with Crippen LogP contribution in [0.5, 0.6) is 0 Å². The molecule has 1 aliphatic carbocycles. The van der Waals surface area contributed by atoms with Gasteiger partial charge in [-0.3, -0.25) is 15.1 Å². The van der Waals surface area contributed by atoms with Crippen LogP contribution in [0, 0.1) is 0 Å². The number of nitrogens with zero attached hydrogens (tertiary/aromatic N) is 3. The summed E-state index contributed by atoms with van der Waals surface area (Å²) >= 11 is 1.50. The SMILES string of the molecule is O=C(Nc1nc([C@@H]2C[C@H]2c2ccccc2)cs1)c1cccn1CCCc1ccncc1. The van der Waals surface area contributed by atoms with Gasteiger partial charge in [0.2, 0.25) is 0 Å². The van der Waals surface area contributed by atoms with E-state index < -0.39 is 0 Å². The van der Waals surface area contributed by atoms with Crippen LogP contribution in [0.2, 0.25) is 0 Å². The third kappa shape index (κ3) is 4.59. The average Bonchev–Trinajstić information content (AvgIpc) is 3.22. The highest BCUT2D eigenvalue weighted by Crippen LogP contribution is 2.54. The largest absolute Gasteiger partial charge is 0.344 e. The molecule has 1 saturated carbocycles. The minimum Gasteiger partial charge on any atom is -0.344 e. The van der Waals surface area contributed by atoms with Crippen LogP contribution in [-0.4, -0.2) is 20.4 Å². The van der Waals surface area contributed by atoms with Crippen LogP contribution < -0.4 is 5.32 Å². The van der Waals surface area contributed by atoms with Gasteiger partial charge in [-0.25, -0.2) is 4.98 Å². The molecule has 4 aromatic rings. The summed E-state index contributed by atoms with van der Waals surface area (Å²) in [5.74, 6) is 0.899. The van der Waals surface area contributed by atoms with E-state index in [1.807, 2.05) is 53.5 Å². The van der Waals surface area contributed by atoms with E-state index in [0.29, 0.717) is 22.7 Å². The third-order valence-electron chi connectivity index (χ3n) is 5.82. The maximum Gasteiger partial charge on any atom is 0.274 e. The molecular formula is C25H24N4OS. The molecule has 0 bridgehead atoms. The van der Waals surface area contributed by atoms with Crippen molar-refractivity contribution in [3.8, 4) is 0 Å². The number of pyridine rings is 1. The molecule has 156 valence electrons. The first-order valence-electron chi connectivity index (χ1n) is 10.6. The van der Waals surface area contributed by atoms with Crippen LogP contribution in [0.15, 0.2) is 78.6 Å². The van der Waals surface area contributed by atoms with Crippen molar-refractivity contribution >= 4 is 22.4 Å². The Morgan fingerprint density at radius 2 is 1.90 bits per heavy atom. The number of rotatable bonds is 8. The second-order valence-corrected chi connectivity index (χ2v) is 8.79. The molecule has 5 rings (SSSR count). The van der Waals surface area contributed by atoms with Crippen molar-refractivity contribution < 1.29 is 4.79 Å². The fourth-order valence-corrected chi connectivity index (χ4v) is 4.85. The van der Waals surface area contributed by atoms with Gasteiger partial charge in [0.15, 0.2) is 5.13 Å². The van der Waals surface area contributed by atoms with E-state index in [1.165, 1.54) is 22.5 Å². The normalized spacial score (nSPS) is 17.4. The van der Waals surface area contributed by atoms with Crippen molar-refractivity contribution in [2.45, 2.75) is 37.6 Å². The highest BCUT2D eigenvalue weighted by molar-refractivity contribution is 7.14. The number of aryl methyl sites for hydroxylation is 2. The maximum atomic E-state index is 12.8. The van der Waals surface area contributed by atoms with Crippen molar-refractivity contribution in [1.82, 2.24) is 14.5 Å². The fourth-order valence-electron chi connectivity index (χ4n) is 4.08. The van der Waals surface area contributed by atoms with Crippen LogP contribution in [0.4, 0.5) is 5.13 Å². The van der Waals surface area contributed by atoms with Crippen LogP contribution in [0.3, 0.4) is 0 Å². The number of benzene rings is 1. The van der Waals surface area contributed by atoms with Gasteiger partial charge in [0.05, 0.1) is 5.69 Å². The molecule has 1 N–H and O–H groups in total. The van der Waals surface area contributed by atoms with Crippen LogP contribution in [0.1, 0.15) is 52.0 Å². The number of carbonyl (C=O) groups is 1. The summed E-state index contributed by atoms with van der Waals surface area (Å²) < 4.78 is 2.01. The molecule has 1 aliphatic rings. The Morgan fingerprint density at radius 3 is 2.74 bits per heavy atom. The monoisotopic (exact) mass is 428 g/mol. The first-order chi connectivity index (χ1) is 15.3. The van der Waals surface area contributed by atoms with E-state index in [-0.39, 0.29) is 5.91 Å². The zero-order valence-electron chi connectivity index (χ0n) is 17.1. The Labute approximate surface area is 185 Å². The second kappa shape index (κ2) is 8.86. The molecule has 0 radical (unpaired) electrons. The molecule has 1 aromatic carbocycles. The van der Waals surface area contributed by atoms with Gasteiger partial charge in [0.25, 0.3) is 5.91 Å². The van der Waals surface area contributed by atoms with E-state index >= 15 is 0 Å². The summed E-state index contributed by atoms with van der Waals surface area (Å²) in [6, 6.07) is 18.4. The zero-order chi connectivity index (χ0) is 21.0. The lowest BCUT2D eigenvalue weighted by Gasteiger charge is -2.09. The van der Waals surface area contributed by atoms with Gasteiger partial charge in [-0.05, 0) is 60.6 Å². The molecule has 31 heavy (non-hydrogen) atoms. The van der Waals surface area contributed by atoms with E-state index in [4.69, 9.17) is 4.98 Å². The van der Waals surface area contributed by atoms with Crippen molar-refractivity contribution in [1.29, 1.82) is 0 Å². The van der Waals surface area contributed by atoms with Gasteiger partial charge in [-0.1, -0.05) is 30.3 Å². The number of thiazole rings is 1. The molecule has 3 aromatic heterocycles. The van der Waals surface area contributed by atoms with Crippen LogP contribution in [-0.2, 0) is 13.0 Å². The molecular weight excluding hydrogens is 404 g/mol. The lowest BCUT2D eigenvalue weighted by molar-refractivity contribution is 0.101. The molecule has 2 atom stereocenters. The van der Waals surface area contributed by atoms with Gasteiger partial charge in [-0.2, -0.15) is 0 Å². The summed E-state index contributed by atoms with van der Waals surface area (Å²) in [6.07, 6.45) is 8.64. The minimum atomic E-state index is -0.106. The highest BCUT2D eigenvalue weighted by Gasteiger charge is 2.41. The van der Waals surface area contributed by atoms with Crippen molar-refractivity contribution in [3.05, 3.63) is 101 Å². The Kier molecular flexibility index (Phi) is 5.63. The van der Waals surface area contributed by atoms with Crippen molar-refractivity contribution in [3.63, 3.8) is 0 Å². The van der Waals surface area contributed by atoms with E-state index in [1.54, 1.807) is 0 Å². The molecule has 5 nitrogen and oxygen atoms in total. The summed E-state index contributed by atoms with van der Waals surface area (Å²) in [6.45, 7) is 0.794. The number of carbonyl (C=O) groups excluding carboxylic acids is 1. The highest BCUT2D eigenvalue weighted by atomic mass is 32.1. The standard InChI is InChI=1S/C25H24N4OS/c30-24(23-9-5-15-29(23)14-4-6-18-10-12-26-13-11-18)28-25-27-22(17-31-25)21-16-20(21)19-7-2-1-3-8-19/h1-3,5,7-13,15,17,20-21H,4,6,14,16H2,(H,27,28,30)/t20-,21+/m0/s1. The Morgan fingerprint density at radius 1 is 1.06 bits per heavy atom. The summed E-state index contributed by atoms with van der Waals surface area (Å²) in [7, 11) is 0. The molecule has 0 saturated heterocycles. The van der Waals surface area contributed by atoms with Gasteiger partial charge in [0, 0.05) is 36.4 Å². The summed E-state index contributed by atoms with van der Waals surface area (Å²) in [4.78, 5) is 21.6. The minimum absolute atomic E-state index is 0.106. The predicted octanol–water partition coefficient (Wildman–Crippen LogP) is 5.50. The topological polar surface area (TPSA) is 59.8 Å².